The Morgan fingerprint density at radius 2 is 1.71 bits per heavy atom. The molecule has 0 N–H and O–H groups in total. The Kier molecular flexibility index (Phi) is 5.33. The Hall–Kier alpha value is -1.88. The molecule has 1 saturated heterocycles. The van der Waals surface area contributed by atoms with E-state index in [4.69, 9.17) is 4.74 Å². The summed E-state index contributed by atoms with van der Waals surface area (Å²) in [5.74, 6) is 0.647. The molecule has 2 rings (SSSR count). The summed E-state index contributed by atoms with van der Waals surface area (Å²) in [6.45, 7) is 8.11. The summed E-state index contributed by atoms with van der Waals surface area (Å²) in [5.41, 5.74) is 0.643. The summed E-state index contributed by atoms with van der Waals surface area (Å²) in [4.78, 5) is 27.4. The van der Waals surface area contributed by atoms with Crippen molar-refractivity contribution in [3.8, 4) is 5.75 Å². The maximum atomic E-state index is 12.1. The van der Waals surface area contributed by atoms with E-state index in [1.54, 1.807) is 24.3 Å². The van der Waals surface area contributed by atoms with Crippen molar-refractivity contribution in [1.82, 2.24) is 9.80 Å². The van der Waals surface area contributed by atoms with Crippen LogP contribution in [-0.2, 0) is 4.79 Å². The Bertz CT molecular complexity index is 491. The average molecular weight is 290 g/mol. The van der Waals surface area contributed by atoms with Crippen molar-refractivity contribution in [3.63, 3.8) is 0 Å². The highest BCUT2D eigenvalue weighted by atomic mass is 16.5. The van der Waals surface area contributed by atoms with Gasteiger partial charge in [0, 0.05) is 31.7 Å². The lowest BCUT2D eigenvalue weighted by molar-refractivity contribution is -0.135. The van der Waals surface area contributed by atoms with Gasteiger partial charge in [-0.1, -0.05) is 6.92 Å². The first-order valence-corrected chi connectivity index (χ1v) is 7.34. The summed E-state index contributed by atoms with van der Waals surface area (Å²) in [6.07, 6.45) is 0. The van der Waals surface area contributed by atoms with E-state index in [2.05, 4.69) is 11.8 Å². The molecule has 1 aliphatic heterocycles. The molecule has 1 aliphatic rings. The third-order valence-electron chi connectivity index (χ3n) is 3.80. The van der Waals surface area contributed by atoms with E-state index in [1.807, 2.05) is 4.90 Å². The fourth-order valence-electron chi connectivity index (χ4n) is 2.34. The van der Waals surface area contributed by atoms with Gasteiger partial charge < -0.3 is 14.5 Å². The van der Waals surface area contributed by atoms with Crippen molar-refractivity contribution >= 4 is 11.7 Å². The minimum Gasteiger partial charge on any atom is -0.484 e. The number of likely N-dealkylation sites (N-methyl/N-ethyl adjacent to an activating group) is 1. The Morgan fingerprint density at radius 1 is 1.10 bits per heavy atom. The number of ketones is 1. The first-order chi connectivity index (χ1) is 10.1. The molecule has 0 spiro atoms. The summed E-state index contributed by atoms with van der Waals surface area (Å²) >= 11 is 0. The lowest BCUT2D eigenvalue weighted by Crippen LogP contribution is -2.49. The van der Waals surface area contributed by atoms with E-state index in [0.717, 1.165) is 32.7 Å². The van der Waals surface area contributed by atoms with Crippen molar-refractivity contribution < 1.29 is 14.3 Å². The number of carbonyl (C=O) groups excluding carboxylic acids is 2. The van der Waals surface area contributed by atoms with Crippen LogP contribution in [-0.4, -0.2) is 60.8 Å². The zero-order valence-corrected chi connectivity index (χ0v) is 12.7. The number of ether oxygens (including phenoxy) is 1. The lowest BCUT2D eigenvalue weighted by Gasteiger charge is -2.33. The van der Waals surface area contributed by atoms with E-state index in [0.29, 0.717) is 11.3 Å². The first-order valence-electron chi connectivity index (χ1n) is 7.34. The Labute approximate surface area is 125 Å². The van der Waals surface area contributed by atoms with E-state index in [-0.39, 0.29) is 18.3 Å². The standard InChI is InChI=1S/C16H22N2O3/c1-3-17-8-10-18(11-9-17)16(20)12-21-15-6-4-14(5-7-15)13(2)19/h4-7H,3,8-12H2,1-2H3. The maximum Gasteiger partial charge on any atom is 0.260 e. The van der Waals surface area contributed by atoms with Crippen molar-refractivity contribution in [2.75, 3.05) is 39.3 Å². The molecule has 5 heteroatoms. The fourth-order valence-corrected chi connectivity index (χ4v) is 2.34. The predicted octanol–water partition coefficient (Wildman–Crippen LogP) is 1.43. The Balaban J connectivity index is 1.80. The number of amides is 1. The van der Waals surface area contributed by atoms with Gasteiger partial charge in [-0.15, -0.1) is 0 Å². The van der Waals surface area contributed by atoms with Crippen LogP contribution in [0.3, 0.4) is 0 Å². The third-order valence-corrected chi connectivity index (χ3v) is 3.80. The third kappa shape index (κ3) is 4.29. The van der Waals surface area contributed by atoms with Crippen molar-refractivity contribution in [1.29, 1.82) is 0 Å². The molecule has 1 aromatic rings. The normalized spacial score (nSPS) is 15.8. The van der Waals surface area contributed by atoms with E-state index >= 15 is 0 Å². The molecule has 0 unspecified atom stereocenters. The van der Waals surface area contributed by atoms with Crippen LogP contribution in [0, 0.1) is 0 Å². The molecule has 0 bridgehead atoms. The van der Waals surface area contributed by atoms with Gasteiger partial charge in [-0.05, 0) is 37.7 Å². The van der Waals surface area contributed by atoms with Gasteiger partial charge in [-0.25, -0.2) is 0 Å². The molecule has 0 saturated carbocycles. The number of benzene rings is 1. The molecule has 21 heavy (non-hydrogen) atoms. The number of piperazine rings is 1. The topological polar surface area (TPSA) is 49.9 Å². The van der Waals surface area contributed by atoms with Crippen LogP contribution >= 0.6 is 0 Å². The number of Topliss-reactive ketones (excluding diaryl/α,β-unsaturated/α-hetero) is 1. The molecule has 1 aromatic carbocycles. The summed E-state index contributed by atoms with van der Waals surface area (Å²) < 4.78 is 5.49. The largest absolute Gasteiger partial charge is 0.484 e. The van der Waals surface area contributed by atoms with Gasteiger partial charge in [0.2, 0.25) is 0 Å². The van der Waals surface area contributed by atoms with Crippen LogP contribution in [0.1, 0.15) is 24.2 Å². The first kappa shape index (κ1) is 15.5. The molecule has 0 atom stereocenters. The van der Waals surface area contributed by atoms with Gasteiger partial charge in [-0.3, -0.25) is 9.59 Å². The zero-order valence-electron chi connectivity index (χ0n) is 12.7. The summed E-state index contributed by atoms with van der Waals surface area (Å²) in [7, 11) is 0. The lowest BCUT2D eigenvalue weighted by atomic mass is 10.1. The molecular formula is C16H22N2O3. The molecule has 5 nitrogen and oxygen atoms in total. The van der Waals surface area contributed by atoms with Gasteiger partial charge in [0.25, 0.3) is 5.91 Å². The van der Waals surface area contributed by atoms with Crippen LogP contribution in [0.4, 0.5) is 0 Å². The number of nitrogens with zero attached hydrogens (tertiary/aromatic N) is 2. The predicted molar refractivity (Wildman–Crippen MR) is 80.6 cm³/mol. The van der Waals surface area contributed by atoms with Crippen molar-refractivity contribution in [3.05, 3.63) is 29.8 Å². The molecule has 0 aromatic heterocycles. The van der Waals surface area contributed by atoms with Crippen LogP contribution in [0.5, 0.6) is 5.75 Å². The minimum absolute atomic E-state index is 0.0152. The van der Waals surface area contributed by atoms with Gasteiger partial charge in [0.1, 0.15) is 5.75 Å². The fraction of sp³-hybridized carbons (Fsp3) is 0.500. The van der Waals surface area contributed by atoms with E-state index in [9.17, 15) is 9.59 Å². The highest BCUT2D eigenvalue weighted by Crippen LogP contribution is 2.13. The number of hydrogen-bond donors (Lipinski definition) is 0. The van der Waals surface area contributed by atoms with Crippen LogP contribution in [0.2, 0.25) is 0 Å². The monoisotopic (exact) mass is 290 g/mol. The van der Waals surface area contributed by atoms with Gasteiger partial charge in [-0.2, -0.15) is 0 Å². The second-order valence-electron chi connectivity index (χ2n) is 5.18. The zero-order chi connectivity index (χ0) is 15.2. The second kappa shape index (κ2) is 7.22. The minimum atomic E-state index is 0.0152. The highest BCUT2D eigenvalue weighted by Gasteiger charge is 2.20. The van der Waals surface area contributed by atoms with Crippen molar-refractivity contribution in [2.24, 2.45) is 0 Å². The second-order valence-corrected chi connectivity index (χ2v) is 5.18. The van der Waals surface area contributed by atoms with Crippen LogP contribution in [0.15, 0.2) is 24.3 Å². The highest BCUT2D eigenvalue weighted by molar-refractivity contribution is 5.94. The molecule has 114 valence electrons. The molecule has 1 heterocycles. The molecule has 0 aliphatic carbocycles. The molecule has 1 fully saturated rings. The SMILES string of the molecule is CCN1CCN(C(=O)COc2ccc(C(C)=O)cc2)CC1. The van der Waals surface area contributed by atoms with Crippen LogP contribution in [0.25, 0.3) is 0 Å². The molecule has 0 radical (unpaired) electrons. The van der Waals surface area contributed by atoms with Gasteiger partial charge in [0.05, 0.1) is 0 Å². The van der Waals surface area contributed by atoms with Gasteiger partial charge >= 0.3 is 0 Å². The summed E-state index contributed by atoms with van der Waals surface area (Å²) in [5, 5.41) is 0. The van der Waals surface area contributed by atoms with Crippen LogP contribution < -0.4 is 4.74 Å². The maximum absolute atomic E-state index is 12.1. The van der Waals surface area contributed by atoms with Gasteiger partial charge in [0.15, 0.2) is 12.4 Å². The quantitative estimate of drug-likeness (QED) is 0.770. The number of carbonyl (C=O) groups is 2. The van der Waals surface area contributed by atoms with Crippen molar-refractivity contribution in [2.45, 2.75) is 13.8 Å². The average Bonchev–Trinajstić information content (AvgIpc) is 2.53. The number of rotatable bonds is 5. The smallest absolute Gasteiger partial charge is 0.260 e. The Morgan fingerprint density at radius 3 is 2.24 bits per heavy atom. The van der Waals surface area contributed by atoms with E-state index in [1.165, 1.54) is 6.92 Å². The molecular weight excluding hydrogens is 268 g/mol. The molecule has 1 amide bonds. The summed E-state index contributed by atoms with van der Waals surface area (Å²) in [6, 6.07) is 6.86. The van der Waals surface area contributed by atoms with E-state index < -0.39 is 0 Å². The number of hydrogen-bond acceptors (Lipinski definition) is 4.